The topological polar surface area (TPSA) is 68.2 Å². The largest absolute Gasteiger partial charge is 0.497 e. The summed E-state index contributed by atoms with van der Waals surface area (Å²) in [7, 11) is 3.29. The number of fused-ring (bicyclic) bond motifs is 1. The molecule has 1 saturated carbocycles. The number of hydrogen-bond acceptors (Lipinski definition) is 5. The van der Waals surface area contributed by atoms with E-state index in [4.69, 9.17) is 14.2 Å². The van der Waals surface area contributed by atoms with Gasteiger partial charge in [-0.1, -0.05) is 24.3 Å². The maximum absolute atomic E-state index is 14.1. The SMILES string of the molecule is COc1ccc(C2(C(=O)N3C[C@H]4CC[C@](O)(c5ccc(OC)cc5)[C@H]4C3)CCOCC2)cc1. The molecule has 2 saturated heterocycles. The third-order valence-electron chi connectivity index (χ3n) is 8.23. The quantitative estimate of drug-likeness (QED) is 0.754. The lowest BCUT2D eigenvalue weighted by Crippen LogP contribution is -2.50. The fourth-order valence-corrected chi connectivity index (χ4v) is 6.26. The smallest absolute Gasteiger partial charge is 0.233 e. The molecule has 176 valence electrons. The van der Waals surface area contributed by atoms with Gasteiger partial charge in [0.1, 0.15) is 11.5 Å². The Bertz CT molecular complexity index is 983. The van der Waals surface area contributed by atoms with Crippen LogP contribution in [-0.4, -0.2) is 56.4 Å². The molecule has 0 radical (unpaired) electrons. The highest BCUT2D eigenvalue weighted by molar-refractivity contribution is 5.89. The molecule has 1 N–H and O–H groups in total. The van der Waals surface area contributed by atoms with Crippen molar-refractivity contribution in [3.05, 3.63) is 59.7 Å². The van der Waals surface area contributed by atoms with Crippen LogP contribution in [0.1, 0.15) is 36.8 Å². The van der Waals surface area contributed by atoms with Crippen LogP contribution in [0.5, 0.6) is 11.5 Å². The highest BCUT2D eigenvalue weighted by atomic mass is 16.5. The van der Waals surface area contributed by atoms with Crippen LogP contribution >= 0.6 is 0 Å². The van der Waals surface area contributed by atoms with Gasteiger partial charge in [-0.2, -0.15) is 0 Å². The van der Waals surface area contributed by atoms with Crippen LogP contribution in [-0.2, 0) is 20.5 Å². The van der Waals surface area contributed by atoms with E-state index >= 15 is 0 Å². The van der Waals surface area contributed by atoms with Crippen LogP contribution in [0.2, 0.25) is 0 Å². The fraction of sp³-hybridized carbons (Fsp3) is 0.519. The Balaban J connectivity index is 1.40. The molecule has 1 amide bonds. The van der Waals surface area contributed by atoms with Gasteiger partial charge in [0, 0.05) is 32.2 Å². The molecule has 0 aromatic heterocycles. The van der Waals surface area contributed by atoms with Gasteiger partial charge in [-0.3, -0.25) is 4.79 Å². The lowest BCUT2D eigenvalue weighted by atomic mass is 9.73. The third kappa shape index (κ3) is 3.69. The minimum atomic E-state index is -0.908. The van der Waals surface area contributed by atoms with Crippen LogP contribution < -0.4 is 9.47 Å². The minimum Gasteiger partial charge on any atom is -0.497 e. The van der Waals surface area contributed by atoms with Crippen molar-refractivity contribution in [2.75, 3.05) is 40.5 Å². The zero-order chi connectivity index (χ0) is 23.1. The third-order valence-corrected chi connectivity index (χ3v) is 8.23. The van der Waals surface area contributed by atoms with Crippen molar-refractivity contribution in [2.24, 2.45) is 11.8 Å². The number of hydrogen-bond donors (Lipinski definition) is 1. The molecule has 3 fully saturated rings. The highest BCUT2D eigenvalue weighted by Crippen LogP contribution is 2.51. The van der Waals surface area contributed by atoms with Crippen molar-refractivity contribution in [1.82, 2.24) is 4.90 Å². The molecular weight excluding hydrogens is 418 g/mol. The average molecular weight is 452 g/mol. The first-order valence-corrected chi connectivity index (χ1v) is 11.9. The Kier molecular flexibility index (Phi) is 5.83. The summed E-state index contributed by atoms with van der Waals surface area (Å²) in [5.74, 6) is 2.09. The van der Waals surface area contributed by atoms with Gasteiger partial charge in [-0.25, -0.2) is 0 Å². The second-order valence-electron chi connectivity index (χ2n) is 9.69. The lowest BCUT2D eigenvalue weighted by Gasteiger charge is -2.40. The summed E-state index contributed by atoms with van der Waals surface area (Å²) >= 11 is 0. The van der Waals surface area contributed by atoms with Crippen LogP contribution in [0.25, 0.3) is 0 Å². The van der Waals surface area contributed by atoms with Crippen LogP contribution in [0.3, 0.4) is 0 Å². The summed E-state index contributed by atoms with van der Waals surface area (Å²) in [6.07, 6.45) is 3.00. The number of methoxy groups -OCH3 is 2. The first-order valence-electron chi connectivity index (χ1n) is 11.9. The van der Waals surface area contributed by atoms with Gasteiger partial charge in [-0.05, 0) is 67.0 Å². The molecule has 2 aliphatic heterocycles. The standard InChI is InChI=1S/C27H33NO5/c1-31-22-7-3-20(4-8-22)26(13-15-33-16-14-26)25(29)28-17-19-11-12-27(30,24(19)18-28)21-5-9-23(32-2)10-6-21/h3-10,19,24,30H,11-18H2,1-2H3/t19-,24+,27+/m1/s1. The number of likely N-dealkylation sites (tertiary alicyclic amines) is 1. The van der Waals surface area contributed by atoms with Crippen molar-refractivity contribution in [1.29, 1.82) is 0 Å². The van der Waals surface area contributed by atoms with Gasteiger partial charge in [0.25, 0.3) is 0 Å². The van der Waals surface area contributed by atoms with Crippen LogP contribution in [0.4, 0.5) is 0 Å². The van der Waals surface area contributed by atoms with Gasteiger partial charge in [0.15, 0.2) is 0 Å². The predicted molar refractivity (Wildman–Crippen MR) is 124 cm³/mol. The van der Waals surface area contributed by atoms with Crippen molar-refractivity contribution in [2.45, 2.75) is 36.7 Å². The number of aliphatic hydroxyl groups is 1. The van der Waals surface area contributed by atoms with Crippen molar-refractivity contribution in [3.63, 3.8) is 0 Å². The number of carbonyl (C=O) groups excluding carboxylic acids is 1. The van der Waals surface area contributed by atoms with E-state index < -0.39 is 11.0 Å². The van der Waals surface area contributed by atoms with E-state index in [1.807, 2.05) is 53.4 Å². The summed E-state index contributed by atoms with van der Waals surface area (Å²) < 4.78 is 16.2. The van der Waals surface area contributed by atoms with Crippen molar-refractivity contribution in [3.8, 4) is 11.5 Å². The molecule has 5 rings (SSSR count). The fourth-order valence-electron chi connectivity index (χ4n) is 6.26. The summed E-state index contributed by atoms with van der Waals surface area (Å²) in [6, 6.07) is 15.6. The van der Waals surface area contributed by atoms with E-state index in [0.29, 0.717) is 45.1 Å². The van der Waals surface area contributed by atoms with E-state index in [2.05, 4.69) is 0 Å². The Hall–Kier alpha value is -2.57. The molecule has 6 nitrogen and oxygen atoms in total. The molecule has 0 spiro atoms. The first kappa shape index (κ1) is 22.2. The second kappa shape index (κ2) is 8.65. The van der Waals surface area contributed by atoms with Gasteiger partial charge in [0.05, 0.1) is 25.2 Å². The molecule has 6 heteroatoms. The molecule has 3 aliphatic rings. The first-order chi connectivity index (χ1) is 16.0. The van der Waals surface area contributed by atoms with Crippen molar-refractivity contribution < 1.29 is 24.1 Å². The molecule has 33 heavy (non-hydrogen) atoms. The molecule has 3 atom stereocenters. The minimum absolute atomic E-state index is 0.0441. The average Bonchev–Trinajstić information content (AvgIpc) is 3.45. The Morgan fingerprint density at radius 3 is 2.06 bits per heavy atom. The Morgan fingerprint density at radius 2 is 1.48 bits per heavy atom. The number of rotatable bonds is 5. The van der Waals surface area contributed by atoms with E-state index in [0.717, 1.165) is 35.5 Å². The molecule has 1 aliphatic carbocycles. The lowest BCUT2D eigenvalue weighted by molar-refractivity contribution is -0.141. The second-order valence-corrected chi connectivity index (χ2v) is 9.69. The van der Waals surface area contributed by atoms with E-state index in [1.54, 1.807) is 14.2 Å². The van der Waals surface area contributed by atoms with E-state index in [9.17, 15) is 9.90 Å². The normalized spacial score (nSPS) is 28.4. The summed E-state index contributed by atoms with van der Waals surface area (Å²) in [4.78, 5) is 16.1. The van der Waals surface area contributed by atoms with Crippen LogP contribution in [0, 0.1) is 11.8 Å². The van der Waals surface area contributed by atoms with Gasteiger partial charge in [-0.15, -0.1) is 0 Å². The maximum atomic E-state index is 14.1. The number of carbonyl (C=O) groups is 1. The number of amides is 1. The van der Waals surface area contributed by atoms with Crippen LogP contribution in [0.15, 0.2) is 48.5 Å². The molecule has 0 unspecified atom stereocenters. The Morgan fingerprint density at radius 1 is 0.909 bits per heavy atom. The van der Waals surface area contributed by atoms with Gasteiger partial charge in [0.2, 0.25) is 5.91 Å². The molecular formula is C27H33NO5. The Labute approximate surface area is 195 Å². The monoisotopic (exact) mass is 451 g/mol. The van der Waals surface area contributed by atoms with E-state index in [1.165, 1.54) is 0 Å². The van der Waals surface area contributed by atoms with Gasteiger partial charge >= 0.3 is 0 Å². The predicted octanol–water partition coefficient (Wildman–Crippen LogP) is 3.51. The zero-order valence-corrected chi connectivity index (χ0v) is 19.5. The molecule has 2 heterocycles. The molecule has 2 aromatic carbocycles. The zero-order valence-electron chi connectivity index (χ0n) is 19.5. The van der Waals surface area contributed by atoms with Gasteiger partial charge < -0.3 is 24.2 Å². The molecule has 0 bridgehead atoms. The molecule has 2 aromatic rings. The number of ether oxygens (including phenoxy) is 3. The van der Waals surface area contributed by atoms with E-state index in [-0.39, 0.29) is 11.8 Å². The summed E-state index contributed by atoms with van der Waals surface area (Å²) in [5.41, 5.74) is 0.455. The summed E-state index contributed by atoms with van der Waals surface area (Å²) in [6.45, 7) is 2.45. The highest BCUT2D eigenvalue weighted by Gasteiger charge is 2.55. The maximum Gasteiger partial charge on any atom is 0.233 e. The van der Waals surface area contributed by atoms with Crippen molar-refractivity contribution >= 4 is 5.91 Å². The number of benzene rings is 2. The summed E-state index contributed by atoms with van der Waals surface area (Å²) in [5, 5.41) is 11.7. The number of nitrogens with zero attached hydrogens (tertiary/aromatic N) is 1.